The van der Waals surface area contributed by atoms with Gasteiger partial charge in [0.25, 0.3) is 5.91 Å². The molecule has 0 aromatic heterocycles. The first-order chi connectivity index (χ1) is 11.3. The first kappa shape index (κ1) is 21.5. The number of benzene rings is 1. The van der Waals surface area contributed by atoms with Crippen molar-refractivity contribution in [3.8, 4) is 0 Å². The van der Waals surface area contributed by atoms with Gasteiger partial charge in [-0.2, -0.15) is 0 Å². The Morgan fingerprint density at radius 3 is 2.36 bits per heavy atom. The zero-order chi connectivity index (χ0) is 17.9. The first-order valence-corrected chi connectivity index (χ1v) is 8.70. The molecule has 1 aromatic carbocycles. The van der Waals surface area contributed by atoms with E-state index in [1.807, 2.05) is 18.2 Å². The molecule has 1 saturated carbocycles. The molecule has 1 aliphatic carbocycles. The first-order valence-electron chi connectivity index (χ1n) is 8.70. The molecule has 2 amide bonds. The van der Waals surface area contributed by atoms with Crippen LogP contribution in [0, 0.1) is 11.8 Å². The highest BCUT2D eigenvalue weighted by molar-refractivity contribution is 6.05. The van der Waals surface area contributed by atoms with E-state index in [1.54, 1.807) is 30.0 Å². The number of carbonyl (C=O) groups excluding carboxylic acids is 2. The van der Waals surface area contributed by atoms with Crippen LogP contribution in [0.3, 0.4) is 0 Å². The Hall–Kier alpha value is -1.59. The van der Waals surface area contributed by atoms with Crippen molar-refractivity contribution < 1.29 is 9.59 Å². The van der Waals surface area contributed by atoms with Crippen molar-refractivity contribution in [1.29, 1.82) is 0 Å². The minimum absolute atomic E-state index is 0. The van der Waals surface area contributed by atoms with E-state index < -0.39 is 0 Å². The molecule has 1 aromatic rings. The highest BCUT2D eigenvalue weighted by Gasteiger charge is 2.33. The predicted molar refractivity (Wildman–Crippen MR) is 104 cm³/mol. The zero-order valence-corrected chi connectivity index (χ0v) is 16.4. The second kappa shape index (κ2) is 9.20. The number of nitrogens with two attached hydrogens (primary N) is 1. The maximum Gasteiger partial charge on any atom is 0.255 e. The molecule has 1 aliphatic rings. The van der Waals surface area contributed by atoms with Crippen LogP contribution >= 0.6 is 12.4 Å². The number of amides is 2. The average molecular weight is 368 g/mol. The predicted octanol–water partition coefficient (Wildman–Crippen LogP) is 2.93. The van der Waals surface area contributed by atoms with Gasteiger partial charge in [0.05, 0.1) is 11.3 Å². The summed E-state index contributed by atoms with van der Waals surface area (Å²) >= 11 is 0. The molecule has 0 saturated heterocycles. The molecule has 0 spiro atoms. The quantitative estimate of drug-likeness (QED) is 0.805. The minimum Gasteiger partial charge on any atom is -0.342 e. The number of hydrogen-bond donors (Lipinski definition) is 1. The van der Waals surface area contributed by atoms with Crippen molar-refractivity contribution in [3.63, 3.8) is 0 Å². The van der Waals surface area contributed by atoms with Crippen LogP contribution in [-0.2, 0) is 4.79 Å². The van der Waals surface area contributed by atoms with E-state index in [2.05, 4.69) is 13.8 Å². The van der Waals surface area contributed by atoms with Gasteiger partial charge in [-0.3, -0.25) is 9.59 Å². The monoisotopic (exact) mass is 367 g/mol. The van der Waals surface area contributed by atoms with Crippen molar-refractivity contribution >= 4 is 29.9 Å². The van der Waals surface area contributed by atoms with Crippen LogP contribution in [0.2, 0.25) is 0 Å². The number of nitrogens with zero attached hydrogens (tertiary/aromatic N) is 2. The molecule has 5 nitrogen and oxygen atoms in total. The topological polar surface area (TPSA) is 66.6 Å². The molecule has 2 rings (SSSR count). The summed E-state index contributed by atoms with van der Waals surface area (Å²) in [4.78, 5) is 28.4. The molecule has 0 radical (unpaired) electrons. The summed E-state index contributed by atoms with van der Waals surface area (Å²) in [5.74, 6) is 0.541. The smallest absolute Gasteiger partial charge is 0.255 e. The zero-order valence-electron chi connectivity index (χ0n) is 15.6. The van der Waals surface area contributed by atoms with E-state index in [-0.39, 0.29) is 36.2 Å². The number of para-hydroxylation sites is 1. The van der Waals surface area contributed by atoms with Crippen LogP contribution in [0.5, 0.6) is 0 Å². The number of anilines is 1. The third-order valence-electron chi connectivity index (χ3n) is 4.75. The highest BCUT2D eigenvalue weighted by atomic mass is 35.5. The van der Waals surface area contributed by atoms with E-state index in [4.69, 9.17) is 5.73 Å². The molecular formula is C19H30ClN3O2. The lowest BCUT2D eigenvalue weighted by Gasteiger charge is -2.25. The van der Waals surface area contributed by atoms with Gasteiger partial charge in [0.15, 0.2) is 0 Å². The van der Waals surface area contributed by atoms with E-state index >= 15 is 0 Å². The van der Waals surface area contributed by atoms with Crippen molar-refractivity contribution in [2.45, 2.75) is 39.2 Å². The van der Waals surface area contributed by atoms with Crippen LogP contribution in [-0.4, -0.2) is 43.4 Å². The van der Waals surface area contributed by atoms with Crippen LogP contribution in [0.1, 0.15) is 43.5 Å². The molecule has 0 aliphatic heterocycles. The second-order valence-corrected chi connectivity index (χ2v) is 7.11. The normalized spacial score (nSPS) is 14.6. The van der Waals surface area contributed by atoms with Crippen LogP contribution in [0.25, 0.3) is 0 Å². The van der Waals surface area contributed by atoms with E-state index in [0.717, 1.165) is 19.3 Å². The van der Waals surface area contributed by atoms with Gasteiger partial charge in [0.2, 0.25) is 5.91 Å². The van der Waals surface area contributed by atoms with Crippen molar-refractivity contribution in [1.82, 2.24) is 4.90 Å². The fourth-order valence-corrected chi connectivity index (χ4v) is 2.65. The van der Waals surface area contributed by atoms with Gasteiger partial charge in [0, 0.05) is 32.6 Å². The Kier molecular flexibility index (Phi) is 7.90. The van der Waals surface area contributed by atoms with E-state index in [9.17, 15) is 9.59 Å². The van der Waals surface area contributed by atoms with Crippen molar-refractivity contribution in [2.75, 3.05) is 25.5 Å². The lowest BCUT2D eigenvalue weighted by atomic mass is 10.0. The summed E-state index contributed by atoms with van der Waals surface area (Å²) in [6.07, 6.45) is 2.66. The fourth-order valence-electron chi connectivity index (χ4n) is 2.65. The van der Waals surface area contributed by atoms with Crippen LogP contribution in [0.15, 0.2) is 24.3 Å². The molecule has 1 fully saturated rings. The number of halogens is 1. The molecule has 0 heterocycles. The molecule has 0 bridgehead atoms. The highest BCUT2D eigenvalue weighted by Crippen LogP contribution is 2.33. The Morgan fingerprint density at radius 2 is 1.80 bits per heavy atom. The summed E-state index contributed by atoms with van der Waals surface area (Å²) < 4.78 is 0. The Morgan fingerprint density at radius 1 is 1.20 bits per heavy atom. The number of rotatable bonds is 7. The fraction of sp³-hybridized carbons (Fsp3) is 0.579. The SMILES string of the molecule is CC(C)C(N)CCN(C)C(=O)c1ccccc1N(C)C(=O)C1CC1.Cl. The Labute approximate surface area is 157 Å². The third-order valence-corrected chi connectivity index (χ3v) is 4.75. The second-order valence-electron chi connectivity index (χ2n) is 7.11. The molecule has 1 unspecified atom stereocenters. The molecule has 1 atom stereocenters. The molecule has 25 heavy (non-hydrogen) atoms. The minimum atomic E-state index is -0.0722. The van der Waals surface area contributed by atoms with Gasteiger partial charge in [-0.05, 0) is 37.3 Å². The van der Waals surface area contributed by atoms with Crippen molar-refractivity contribution in [3.05, 3.63) is 29.8 Å². The Balaban J connectivity index is 0.00000312. The third kappa shape index (κ3) is 5.44. The average Bonchev–Trinajstić information content (AvgIpc) is 3.42. The van der Waals surface area contributed by atoms with Gasteiger partial charge in [-0.1, -0.05) is 26.0 Å². The molecular weight excluding hydrogens is 338 g/mol. The van der Waals surface area contributed by atoms with E-state index in [1.165, 1.54) is 0 Å². The summed E-state index contributed by atoms with van der Waals surface area (Å²) in [5.41, 5.74) is 7.32. The Bertz CT molecular complexity index is 602. The van der Waals surface area contributed by atoms with E-state index in [0.29, 0.717) is 23.7 Å². The largest absolute Gasteiger partial charge is 0.342 e. The molecule has 140 valence electrons. The van der Waals surface area contributed by atoms with Crippen LogP contribution in [0.4, 0.5) is 5.69 Å². The number of hydrogen-bond acceptors (Lipinski definition) is 3. The van der Waals surface area contributed by atoms with Gasteiger partial charge >= 0.3 is 0 Å². The lowest BCUT2D eigenvalue weighted by molar-refractivity contribution is -0.119. The lowest BCUT2D eigenvalue weighted by Crippen LogP contribution is -2.36. The van der Waals surface area contributed by atoms with Crippen molar-refractivity contribution in [2.24, 2.45) is 17.6 Å². The number of carbonyl (C=O) groups is 2. The summed E-state index contributed by atoms with van der Waals surface area (Å²) in [5, 5.41) is 0. The van der Waals surface area contributed by atoms with Crippen LogP contribution < -0.4 is 10.6 Å². The molecule has 2 N–H and O–H groups in total. The maximum absolute atomic E-state index is 12.8. The van der Waals surface area contributed by atoms with Gasteiger partial charge in [-0.25, -0.2) is 0 Å². The standard InChI is InChI=1S/C19H29N3O2.ClH/c1-13(2)16(20)11-12-21(3)19(24)15-7-5-6-8-17(15)22(4)18(23)14-9-10-14;/h5-8,13-14,16H,9-12,20H2,1-4H3;1H. The van der Waals surface area contributed by atoms with Gasteiger partial charge in [0.1, 0.15) is 0 Å². The van der Waals surface area contributed by atoms with Gasteiger partial charge < -0.3 is 15.5 Å². The summed E-state index contributed by atoms with van der Waals surface area (Å²) in [6, 6.07) is 7.39. The molecule has 6 heteroatoms. The summed E-state index contributed by atoms with van der Waals surface area (Å²) in [7, 11) is 3.54. The van der Waals surface area contributed by atoms with Gasteiger partial charge in [-0.15, -0.1) is 12.4 Å². The summed E-state index contributed by atoms with van der Waals surface area (Å²) in [6.45, 7) is 4.77. The maximum atomic E-state index is 12.8.